The lowest BCUT2D eigenvalue weighted by Gasteiger charge is -2.19. The molecule has 1 aliphatic heterocycles. The summed E-state index contributed by atoms with van der Waals surface area (Å²) >= 11 is 3.51. The Balaban J connectivity index is 1.61. The Morgan fingerprint density at radius 1 is 1.04 bits per heavy atom. The summed E-state index contributed by atoms with van der Waals surface area (Å²) in [4.78, 5) is 12.3. The monoisotopic (exact) mass is 390 g/mol. The quantitative estimate of drug-likeness (QED) is 0.817. The largest absolute Gasteiger partial charge is 0.454 e. The van der Waals surface area contributed by atoms with Gasteiger partial charge in [-0.3, -0.25) is 0 Å². The molecule has 0 aliphatic carbocycles. The normalized spacial score (nSPS) is 14.8. The van der Waals surface area contributed by atoms with Gasteiger partial charge in [0.2, 0.25) is 6.79 Å². The van der Waals surface area contributed by atoms with Crippen LogP contribution in [0.2, 0.25) is 0 Å². The van der Waals surface area contributed by atoms with Crippen LogP contribution in [0.5, 0.6) is 11.5 Å². The zero-order chi connectivity index (χ0) is 17.1. The summed E-state index contributed by atoms with van der Waals surface area (Å²) in [5, 5.41) is 5.90. The third-order valence-electron chi connectivity index (χ3n) is 3.96. The average molecular weight is 391 g/mol. The van der Waals surface area contributed by atoms with E-state index in [2.05, 4.69) is 26.6 Å². The van der Waals surface area contributed by atoms with Crippen molar-refractivity contribution in [3.05, 3.63) is 58.1 Å². The Hall–Kier alpha value is -2.21. The highest BCUT2D eigenvalue weighted by Gasteiger charge is 2.18. The predicted molar refractivity (Wildman–Crippen MR) is 95.2 cm³/mol. The minimum atomic E-state index is -0.219. The molecular formula is C18H19BrN2O3. The number of urea groups is 1. The van der Waals surface area contributed by atoms with Gasteiger partial charge in [0.15, 0.2) is 11.5 Å². The molecule has 1 heterocycles. The average Bonchev–Trinajstić information content (AvgIpc) is 3.02. The van der Waals surface area contributed by atoms with E-state index in [0.717, 1.165) is 21.3 Å². The molecule has 0 aromatic heterocycles. The molecular weight excluding hydrogens is 372 g/mol. The number of benzene rings is 2. The zero-order valence-electron chi connectivity index (χ0n) is 13.5. The van der Waals surface area contributed by atoms with Crippen LogP contribution >= 0.6 is 15.9 Å². The molecule has 0 bridgehead atoms. The molecule has 1 aliphatic rings. The molecule has 2 aromatic rings. The van der Waals surface area contributed by atoms with Gasteiger partial charge in [0.05, 0.1) is 12.1 Å². The van der Waals surface area contributed by atoms with E-state index in [1.54, 1.807) is 0 Å². The second-order valence-corrected chi connectivity index (χ2v) is 6.55. The molecule has 6 heteroatoms. The Kier molecular flexibility index (Phi) is 4.94. The number of nitrogens with one attached hydrogen (secondary N) is 2. The van der Waals surface area contributed by atoms with Crippen molar-refractivity contribution in [3.8, 4) is 11.5 Å². The third kappa shape index (κ3) is 3.64. The first kappa shape index (κ1) is 16.6. The van der Waals surface area contributed by atoms with Gasteiger partial charge in [-0.1, -0.05) is 40.2 Å². The van der Waals surface area contributed by atoms with Crippen LogP contribution in [0.15, 0.2) is 46.9 Å². The van der Waals surface area contributed by atoms with Crippen molar-refractivity contribution >= 4 is 22.0 Å². The van der Waals surface area contributed by atoms with Crippen LogP contribution in [0.25, 0.3) is 0 Å². The molecule has 2 unspecified atom stereocenters. The maximum atomic E-state index is 12.3. The summed E-state index contributed by atoms with van der Waals surface area (Å²) in [6, 6.07) is 13.0. The van der Waals surface area contributed by atoms with E-state index in [1.807, 2.05) is 56.3 Å². The smallest absolute Gasteiger partial charge is 0.315 e. The van der Waals surface area contributed by atoms with E-state index in [9.17, 15) is 4.79 Å². The van der Waals surface area contributed by atoms with Gasteiger partial charge in [0.1, 0.15) is 0 Å². The first-order valence-corrected chi connectivity index (χ1v) is 8.55. The Bertz CT molecular complexity index is 751. The topological polar surface area (TPSA) is 59.6 Å². The SMILES string of the molecule is CC(NC(=O)NC(C)c1ccccc1Br)c1ccc2c(c1)OCO2. The Labute approximate surface area is 149 Å². The molecule has 5 nitrogen and oxygen atoms in total. The third-order valence-corrected chi connectivity index (χ3v) is 4.69. The number of halogens is 1. The fourth-order valence-corrected chi connectivity index (χ4v) is 3.23. The van der Waals surface area contributed by atoms with Gasteiger partial charge in [0, 0.05) is 4.47 Å². The highest BCUT2D eigenvalue weighted by atomic mass is 79.9. The van der Waals surface area contributed by atoms with Crippen LogP contribution in [-0.4, -0.2) is 12.8 Å². The summed E-state index contributed by atoms with van der Waals surface area (Å²) in [5.74, 6) is 1.45. The van der Waals surface area contributed by atoms with Crippen molar-refractivity contribution in [2.24, 2.45) is 0 Å². The molecule has 2 aromatic carbocycles. The van der Waals surface area contributed by atoms with Gasteiger partial charge in [-0.25, -0.2) is 4.79 Å². The van der Waals surface area contributed by atoms with Crippen molar-refractivity contribution in [3.63, 3.8) is 0 Å². The highest BCUT2D eigenvalue weighted by Crippen LogP contribution is 2.34. The van der Waals surface area contributed by atoms with Gasteiger partial charge in [-0.2, -0.15) is 0 Å². The molecule has 126 valence electrons. The molecule has 24 heavy (non-hydrogen) atoms. The summed E-state index contributed by atoms with van der Waals surface area (Å²) < 4.78 is 11.6. The lowest BCUT2D eigenvalue weighted by molar-refractivity contribution is 0.174. The summed E-state index contributed by atoms with van der Waals surface area (Å²) in [5.41, 5.74) is 1.99. The van der Waals surface area contributed by atoms with Gasteiger partial charge in [-0.05, 0) is 43.2 Å². The minimum absolute atomic E-state index is 0.107. The maximum absolute atomic E-state index is 12.3. The molecule has 2 N–H and O–H groups in total. The van der Waals surface area contributed by atoms with Crippen LogP contribution in [0.4, 0.5) is 4.79 Å². The van der Waals surface area contributed by atoms with Crippen LogP contribution in [-0.2, 0) is 0 Å². The van der Waals surface area contributed by atoms with E-state index in [-0.39, 0.29) is 24.9 Å². The zero-order valence-corrected chi connectivity index (χ0v) is 15.1. The molecule has 0 saturated heterocycles. The fourth-order valence-electron chi connectivity index (χ4n) is 2.60. The maximum Gasteiger partial charge on any atom is 0.315 e. The minimum Gasteiger partial charge on any atom is -0.454 e. The number of rotatable bonds is 4. The first-order chi connectivity index (χ1) is 11.5. The van der Waals surface area contributed by atoms with E-state index < -0.39 is 0 Å². The van der Waals surface area contributed by atoms with Crippen molar-refractivity contribution in [2.75, 3.05) is 6.79 Å². The van der Waals surface area contributed by atoms with Gasteiger partial charge in [-0.15, -0.1) is 0 Å². The molecule has 0 radical (unpaired) electrons. The summed E-state index contributed by atoms with van der Waals surface area (Å²) in [6.45, 7) is 4.12. The summed E-state index contributed by atoms with van der Waals surface area (Å²) in [6.07, 6.45) is 0. The Morgan fingerprint density at radius 3 is 2.54 bits per heavy atom. The van der Waals surface area contributed by atoms with E-state index in [4.69, 9.17) is 9.47 Å². The molecule has 2 atom stereocenters. The van der Waals surface area contributed by atoms with Crippen LogP contribution in [0.1, 0.15) is 37.1 Å². The van der Waals surface area contributed by atoms with E-state index >= 15 is 0 Å². The van der Waals surface area contributed by atoms with Gasteiger partial charge >= 0.3 is 6.03 Å². The van der Waals surface area contributed by atoms with Crippen molar-refractivity contribution in [1.29, 1.82) is 0 Å². The Morgan fingerprint density at radius 2 is 1.75 bits per heavy atom. The number of ether oxygens (including phenoxy) is 2. The number of fused-ring (bicyclic) bond motifs is 1. The summed E-state index contributed by atoms with van der Waals surface area (Å²) in [7, 11) is 0. The number of amides is 2. The van der Waals surface area contributed by atoms with E-state index in [1.165, 1.54) is 0 Å². The number of carbonyl (C=O) groups excluding carboxylic acids is 1. The predicted octanol–water partition coefficient (Wildman–Crippen LogP) is 4.30. The second-order valence-electron chi connectivity index (χ2n) is 5.70. The lowest BCUT2D eigenvalue weighted by Crippen LogP contribution is -2.38. The lowest BCUT2D eigenvalue weighted by atomic mass is 10.1. The number of carbonyl (C=O) groups is 1. The van der Waals surface area contributed by atoms with Crippen LogP contribution in [0.3, 0.4) is 0 Å². The van der Waals surface area contributed by atoms with E-state index in [0.29, 0.717) is 5.75 Å². The molecule has 3 rings (SSSR count). The van der Waals surface area contributed by atoms with Gasteiger partial charge < -0.3 is 20.1 Å². The van der Waals surface area contributed by atoms with Crippen molar-refractivity contribution in [2.45, 2.75) is 25.9 Å². The van der Waals surface area contributed by atoms with Crippen molar-refractivity contribution in [1.82, 2.24) is 10.6 Å². The number of hydrogen-bond donors (Lipinski definition) is 2. The van der Waals surface area contributed by atoms with Crippen molar-refractivity contribution < 1.29 is 14.3 Å². The molecule has 0 spiro atoms. The van der Waals surface area contributed by atoms with Crippen LogP contribution in [0, 0.1) is 0 Å². The van der Waals surface area contributed by atoms with Gasteiger partial charge in [0.25, 0.3) is 0 Å². The molecule has 0 saturated carbocycles. The molecule has 2 amide bonds. The highest BCUT2D eigenvalue weighted by molar-refractivity contribution is 9.10. The number of hydrogen-bond acceptors (Lipinski definition) is 3. The van der Waals surface area contributed by atoms with Crippen LogP contribution < -0.4 is 20.1 Å². The second kappa shape index (κ2) is 7.13. The first-order valence-electron chi connectivity index (χ1n) is 7.75. The fraction of sp³-hybridized carbons (Fsp3) is 0.278. The molecule has 0 fully saturated rings. The standard InChI is InChI=1S/C18H19BrN2O3/c1-11(13-7-8-16-17(9-13)24-10-23-16)20-18(22)21-12(2)14-5-3-4-6-15(14)19/h3-9,11-12H,10H2,1-2H3,(H2,20,21,22).